The molecule has 0 aromatic rings. The normalized spacial score (nSPS) is 15.8. The van der Waals surface area contributed by atoms with Crippen molar-refractivity contribution in [1.82, 2.24) is 40.0 Å². The van der Waals surface area contributed by atoms with Crippen molar-refractivity contribution in [2.45, 2.75) is 251 Å². The number of rotatable bonds is 46. The Morgan fingerprint density at radius 2 is 0.969 bits per heavy atom. The minimum absolute atomic E-state index is 0.0118. The molecule has 0 aromatic heterocycles. The Morgan fingerprint density at radius 1 is 0.490 bits per heavy atom. The zero-order chi connectivity index (χ0) is 76.1. The van der Waals surface area contributed by atoms with E-state index < -0.39 is 137 Å². The van der Waals surface area contributed by atoms with Gasteiger partial charge in [-0.3, -0.25) is 57.5 Å². The van der Waals surface area contributed by atoms with Crippen LogP contribution >= 0.6 is 0 Å². The highest BCUT2D eigenvalue weighted by molar-refractivity contribution is 5.99. The van der Waals surface area contributed by atoms with E-state index >= 15 is 14.4 Å². The smallest absolute Gasteiger partial charge is 0.328 e. The molecule has 13 atom stereocenters. The first-order valence-corrected chi connectivity index (χ1v) is 35.6. The van der Waals surface area contributed by atoms with Gasteiger partial charge in [-0.2, -0.15) is 0 Å². The number of likely N-dealkylation sites (N-methyl/N-ethyl adjacent to an activating group) is 6. The first kappa shape index (κ1) is 91.4. The Bertz CT molecular complexity index is 2660. The number of nitrogens with zero attached hydrogens (tertiary/aromatic N) is 6. The summed E-state index contributed by atoms with van der Waals surface area (Å²) in [6, 6.07) is -8.37. The lowest BCUT2D eigenvalue weighted by atomic mass is 9.84. The highest BCUT2D eigenvalue weighted by Crippen LogP contribution is 2.29. The third kappa shape index (κ3) is 28.6. The SMILES string of the molecule is C/C=C/C[C@@H](C)[C@@H](OC(C)=O)[C@@H](C(=O)N[C@@H](CC)C(=O)OCCN(C)C(C)=O)N(C)C(=O)[C@H](C(C)C)N(C)C(=O)[C@H](CC(C)C)N(C)C(=O)[C@H](CC(C)C)N(C)C(=O)[C@@H](C)CC(=O)[C@H](C)CC(=O)[C@H](CC(C)C)N(C)C(=O)[C@@H](NC(=O)[C@@H](CC(=O)C(CC)CC)[C@H](C)COC)C(C)C. The highest BCUT2D eigenvalue weighted by atomic mass is 16.5. The van der Waals surface area contributed by atoms with Gasteiger partial charge in [0, 0.05) is 113 Å². The molecule has 2 N–H and O–H groups in total. The van der Waals surface area contributed by atoms with E-state index in [1.807, 2.05) is 68.4 Å². The van der Waals surface area contributed by atoms with Crippen LogP contribution in [0.1, 0.15) is 203 Å². The molecular formula is C74H130N8O16. The van der Waals surface area contributed by atoms with Crippen molar-refractivity contribution in [3.63, 3.8) is 0 Å². The van der Waals surface area contributed by atoms with Crippen LogP contribution in [0.5, 0.6) is 0 Å². The molecule has 0 aliphatic carbocycles. The molecule has 0 saturated heterocycles. The number of hydrogen-bond donors (Lipinski definition) is 2. The van der Waals surface area contributed by atoms with Gasteiger partial charge in [-0.1, -0.05) is 130 Å². The summed E-state index contributed by atoms with van der Waals surface area (Å²) in [6.45, 7) is 35.1. The maximum Gasteiger partial charge on any atom is 0.328 e. The third-order valence-corrected chi connectivity index (χ3v) is 18.8. The molecule has 0 fully saturated rings. The molecule has 0 aliphatic heterocycles. The van der Waals surface area contributed by atoms with Gasteiger partial charge in [0.2, 0.25) is 47.3 Å². The van der Waals surface area contributed by atoms with E-state index in [4.69, 9.17) is 14.2 Å². The van der Waals surface area contributed by atoms with E-state index in [0.717, 1.165) is 4.90 Å². The van der Waals surface area contributed by atoms with E-state index in [1.165, 1.54) is 80.7 Å². The van der Waals surface area contributed by atoms with Crippen LogP contribution in [-0.2, 0) is 76.5 Å². The van der Waals surface area contributed by atoms with Crippen LogP contribution < -0.4 is 10.6 Å². The highest BCUT2D eigenvalue weighted by Gasteiger charge is 2.47. The van der Waals surface area contributed by atoms with Crippen LogP contribution in [0, 0.1) is 65.1 Å². The monoisotopic (exact) mass is 1390 g/mol. The largest absolute Gasteiger partial charge is 0.462 e. The summed E-state index contributed by atoms with van der Waals surface area (Å²) in [6.07, 6.45) is 4.01. The number of ketones is 3. The second kappa shape index (κ2) is 44.5. The number of allylic oxidation sites excluding steroid dienone is 2. The third-order valence-electron chi connectivity index (χ3n) is 18.8. The van der Waals surface area contributed by atoms with Crippen molar-refractivity contribution >= 4 is 76.5 Å². The minimum Gasteiger partial charge on any atom is -0.462 e. The predicted octanol–water partition coefficient (Wildman–Crippen LogP) is 7.99. The summed E-state index contributed by atoms with van der Waals surface area (Å²) < 4.78 is 16.7. The maximum atomic E-state index is 15.3. The quantitative estimate of drug-likeness (QED) is 0.0431. The summed E-state index contributed by atoms with van der Waals surface area (Å²) in [4.78, 5) is 191. The van der Waals surface area contributed by atoms with Crippen molar-refractivity contribution in [3.05, 3.63) is 12.2 Å². The maximum absolute atomic E-state index is 15.3. The zero-order valence-corrected chi connectivity index (χ0v) is 65.0. The van der Waals surface area contributed by atoms with Gasteiger partial charge in [0.25, 0.3) is 0 Å². The molecule has 0 aliphatic rings. The number of carbonyl (C=O) groups is 13. The molecule has 24 heteroatoms. The number of Topliss-reactive ketones (excluding diaryl/α,β-unsaturated/α-hetero) is 3. The van der Waals surface area contributed by atoms with Gasteiger partial charge in [0.1, 0.15) is 60.5 Å². The van der Waals surface area contributed by atoms with Gasteiger partial charge < -0.3 is 54.2 Å². The van der Waals surface area contributed by atoms with Crippen molar-refractivity contribution < 1.29 is 76.5 Å². The van der Waals surface area contributed by atoms with Crippen LogP contribution in [0.3, 0.4) is 0 Å². The Hall–Kier alpha value is -6.59. The van der Waals surface area contributed by atoms with Crippen LogP contribution in [0.15, 0.2) is 12.2 Å². The summed E-state index contributed by atoms with van der Waals surface area (Å²) in [5.74, 6) is -11.9. The summed E-state index contributed by atoms with van der Waals surface area (Å²) in [7, 11) is 10.3. The Balaban J connectivity index is 7.16. The second-order valence-corrected chi connectivity index (χ2v) is 29.3. The lowest BCUT2D eigenvalue weighted by molar-refractivity contribution is -0.164. The Kier molecular flexibility index (Phi) is 41.5. The van der Waals surface area contributed by atoms with Gasteiger partial charge in [0.05, 0.1) is 12.6 Å². The van der Waals surface area contributed by atoms with Crippen molar-refractivity contribution in [2.75, 3.05) is 69.2 Å². The molecule has 0 bridgehead atoms. The number of methoxy groups -OCH3 is 1. The standard InChI is InChI=1S/C74H130N8O16/c1-28-32-33-48(15)66(98-53(20)84)65(68(89)75-56(31-4)74(95)97-35-34-77(21)52(19)83)82(26)73(94)64(47(13)14)81(25)71(92)59(38-45(9)10)80(24)70(91)58(37-44(7)8)79(23)69(90)50(17)40-60(85)49(16)39-62(87)57(36-43(5)6)78(22)72(93)63(46(11)12)76-67(88)55(51(18)42-96-27)41-61(86)54(29-2)30-3/h28,32,43-51,54-59,63-66H,29-31,33-42H2,1-27H3,(H,75,89)(H,76,88)/b32-28+/t48-,49-,50+,51-,55+,56+,57+,58+,59+,63+,64+,65+,66-/m1/s1. The van der Waals surface area contributed by atoms with Gasteiger partial charge >= 0.3 is 11.9 Å². The molecule has 0 aromatic carbocycles. The molecule has 24 nitrogen and oxygen atoms in total. The minimum atomic E-state index is -1.55. The number of ether oxygens (including phenoxy) is 3. The first-order chi connectivity index (χ1) is 45.4. The van der Waals surface area contributed by atoms with E-state index in [9.17, 15) is 47.9 Å². The van der Waals surface area contributed by atoms with E-state index in [0.29, 0.717) is 19.3 Å². The first-order valence-electron chi connectivity index (χ1n) is 35.6. The number of amides is 8. The fraction of sp³-hybridized carbons (Fsp3) is 0.797. The zero-order valence-electron chi connectivity index (χ0n) is 65.0. The molecule has 562 valence electrons. The Labute approximate surface area is 588 Å². The van der Waals surface area contributed by atoms with Gasteiger partial charge in [-0.05, 0) is 93.3 Å². The van der Waals surface area contributed by atoms with Crippen LogP contribution in [-0.4, -0.2) is 223 Å². The fourth-order valence-electron chi connectivity index (χ4n) is 12.4. The lowest BCUT2D eigenvalue weighted by Crippen LogP contribution is -2.63. The van der Waals surface area contributed by atoms with Crippen LogP contribution in [0.4, 0.5) is 0 Å². The number of carbonyl (C=O) groups excluding carboxylic acids is 13. The predicted molar refractivity (Wildman–Crippen MR) is 379 cm³/mol. The molecule has 0 saturated carbocycles. The number of esters is 2. The van der Waals surface area contributed by atoms with E-state index in [2.05, 4.69) is 10.6 Å². The van der Waals surface area contributed by atoms with E-state index in [-0.39, 0.29) is 118 Å². The molecule has 0 heterocycles. The molecular weight excluding hydrogens is 1260 g/mol. The number of nitrogens with one attached hydrogen (secondary N) is 2. The summed E-state index contributed by atoms with van der Waals surface area (Å²) in [5.41, 5.74) is 0. The molecule has 0 rings (SSSR count). The molecule has 0 spiro atoms. The molecule has 98 heavy (non-hydrogen) atoms. The second-order valence-electron chi connectivity index (χ2n) is 29.3. The fourth-order valence-corrected chi connectivity index (χ4v) is 12.4. The van der Waals surface area contributed by atoms with Crippen molar-refractivity contribution in [2.24, 2.45) is 65.1 Å². The summed E-state index contributed by atoms with van der Waals surface area (Å²) >= 11 is 0. The van der Waals surface area contributed by atoms with Gasteiger partial charge in [-0.25, -0.2) is 4.79 Å². The topological polar surface area (TPSA) is 293 Å². The molecule has 0 unspecified atom stereocenters. The van der Waals surface area contributed by atoms with E-state index in [1.54, 1.807) is 75.4 Å². The van der Waals surface area contributed by atoms with Crippen molar-refractivity contribution in [3.8, 4) is 0 Å². The summed E-state index contributed by atoms with van der Waals surface area (Å²) in [5, 5.41) is 5.65. The Morgan fingerprint density at radius 3 is 1.42 bits per heavy atom. The van der Waals surface area contributed by atoms with Crippen molar-refractivity contribution in [1.29, 1.82) is 0 Å². The lowest BCUT2D eigenvalue weighted by Gasteiger charge is -2.42. The van der Waals surface area contributed by atoms with Gasteiger partial charge in [0.15, 0.2) is 5.78 Å². The molecule has 8 amide bonds. The number of hydrogen-bond acceptors (Lipinski definition) is 16. The average molecular weight is 1390 g/mol. The van der Waals surface area contributed by atoms with Crippen LogP contribution in [0.2, 0.25) is 0 Å². The van der Waals surface area contributed by atoms with Gasteiger partial charge in [-0.15, -0.1) is 0 Å². The molecule has 0 radical (unpaired) electrons. The average Bonchev–Trinajstić information content (AvgIpc) is 0.798. The van der Waals surface area contributed by atoms with Crippen LogP contribution in [0.25, 0.3) is 0 Å².